The number of para-hydroxylation sites is 1. The van der Waals surface area contributed by atoms with Gasteiger partial charge in [0.15, 0.2) is 0 Å². The molecule has 0 aliphatic heterocycles. The van der Waals surface area contributed by atoms with Crippen LogP contribution in [0.5, 0.6) is 0 Å². The Labute approximate surface area is 273 Å². The van der Waals surface area contributed by atoms with Crippen molar-refractivity contribution in [1.29, 1.82) is 0 Å². The van der Waals surface area contributed by atoms with Crippen molar-refractivity contribution in [2.75, 3.05) is 0 Å². The summed E-state index contributed by atoms with van der Waals surface area (Å²) >= 11 is 0. The molecule has 2 heterocycles. The van der Waals surface area contributed by atoms with Crippen molar-refractivity contribution in [1.82, 2.24) is 9.13 Å². The summed E-state index contributed by atoms with van der Waals surface area (Å²) in [5.41, 5.74) is 9.64. The average molecular weight is 655 g/mol. The molecule has 0 bridgehead atoms. The van der Waals surface area contributed by atoms with Crippen LogP contribution in [0.25, 0.3) is 43.8 Å². The first-order chi connectivity index (χ1) is 18.7. The third-order valence-corrected chi connectivity index (χ3v) is 8.07. The Bertz CT molecular complexity index is 1850. The van der Waals surface area contributed by atoms with Crippen LogP contribution in [-0.2, 0) is 39.0 Å². The molecule has 0 saturated heterocycles. The van der Waals surface area contributed by atoms with E-state index >= 15 is 0 Å². The van der Waals surface area contributed by atoms with E-state index in [0.717, 1.165) is 0 Å². The molecule has 2 nitrogen and oxygen atoms in total. The maximum Gasteiger partial charge on any atom is 4.00 e. The van der Waals surface area contributed by atoms with Crippen molar-refractivity contribution in [3.05, 3.63) is 132 Å². The summed E-state index contributed by atoms with van der Waals surface area (Å²) in [5, 5.41) is 6.73. The number of aryl methyl sites for hydroxylation is 3. The summed E-state index contributed by atoms with van der Waals surface area (Å²) in [6.45, 7) is 4.27. The van der Waals surface area contributed by atoms with Gasteiger partial charge in [-0.2, -0.15) is 0 Å². The molecule has 1 aliphatic carbocycles. The van der Waals surface area contributed by atoms with E-state index in [1.165, 1.54) is 86.5 Å². The maximum absolute atomic E-state index is 2.50. The Morgan fingerprint density at radius 3 is 1.90 bits per heavy atom. The fourth-order valence-corrected chi connectivity index (χ4v) is 6.35. The van der Waals surface area contributed by atoms with E-state index in [-0.39, 0.29) is 51.0 Å². The van der Waals surface area contributed by atoms with Gasteiger partial charge in [-0.1, -0.05) is 30.3 Å². The van der Waals surface area contributed by atoms with Crippen LogP contribution in [0.4, 0.5) is 0 Å². The molecule has 0 atom stereocenters. The first kappa shape index (κ1) is 31.1. The summed E-state index contributed by atoms with van der Waals surface area (Å²) in [7, 11) is 0. The van der Waals surface area contributed by atoms with Gasteiger partial charge in [-0.15, -0.1) is 82.2 Å². The van der Waals surface area contributed by atoms with Crippen molar-refractivity contribution in [2.45, 2.75) is 39.5 Å². The summed E-state index contributed by atoms with van der Waals surface area (Å²) < 4.78 is 4.75. The second-order valence-electron chi connectivity index (χ2n) is 10.7. The van der Waals surface area contributed by atoms with Crippen LogP contribution in [0.3, 0.4) is 0 Å². The number of nitrogens with zero attached hydrogens (tertiary/aromatic N) is 2. The van der Waals surface area contributed by atoms with Gasteiger partial charge in [-0.3, -0.25) is 0 Å². The van der Waals surface area contributed by atoms with Crippen molar-refractivity contribution in [2.24, 2.45) is 0 Å². The second-order valence-corrected chi connectivity index (χ2v) is 10.7. The van der Waals surface area contributed by atoms with E-state index in [4.69, 9.17) is 0 Å². The largest absolute Gasteiger partial charge is 4.00 e. The molecule has 1 aliphatic rings. The Hall–Kier alpha value is -2.84. The van der Waals surface area contributed by atoms with Gasteiger partial charge >= 0.3 is 26.2 Å². The van der Waals surface area contributed by atoms with Gasteiger partial charge in [-0.05, 0) is 74.2 Å². The van der Waals surface area contributed by atoms with Gasteiger partial charge in [-0.25, -0.2) is 0 Å². The van der Waals surface area contributed by atoms with Crippen molar-refractivity contribution in [3.63, 3.8) is 0 Å². The zero-order valence-corrected chi connectivity index (χ0v) is 27.3. The predicted octanol–water partition coefficient (Wildman–Crippen LogP) is 3.35. The molecule has 0 unspecified atom stereocenters. The molecule has 0 fully saturated rings. The first-order valence-corrected chi connectivity index (χ1v) is 13.7. The molecule has 5 heteroatoms. The van der Waals surface area contributed by atoms with Crippen LogP contribution in [-0.4, -0.2) is 9.13 Å². The van der Waals surface area contributed by atoms with E-state index < -0.39 is 0 Å². The molecule has 41 heavy (non-hydrogen) atoms. The van der Waals surface area contributed by atoms with E-state index in [1.807, 2.05) is 0 Å². The zero-order valence-electron chi connectivity index (χ0n) is 23.4. The van der Waals surface area contributed by atoms with Gasteiger partial charge in [0.05, 0.1) is 5.52 Å². The minimum absolute atomic E-state index is 0. The predicted molar refractivity (Wildman–Crippen MR) is 161 cm³/mol. The molecular weight excluding hydrogens is 623 g/mol. The summed E-state index contributed by atoms with van der Waals surface area (Å²) in [5.74, 6) is 0. The Morgan fingerprint density at radius 2 is 1.24 bits per heavy atom. The summed E-state index contributed by atoms with van der Waals surface area (Å²) in [6, 6.07) is 37.4. The monoisotopic (exact) mass is 652 g/mol. The number of hydrogen-bond acceptors (Lipinski definition) is 0. The number of rotatable bonds is 2. The van der Waals surface area contributed by atoms with E-state index in [0.29, 0.717) is 0 Å². The van der Waals surface area contributed by atoms with Crippen LogP contribution in [0, 0.1) is 13.8 Å². The molecule has 5 aromatic carbocycles. The standard InChI is InChI=1S/C21H18N.C15H14N.2ClH.Zr/c1-2-8-16-14-17(13-15(16)7-1)22-20-11-5-3-9-18(20)19-10-4-6-12-21(19)22;1-11-7-12(2)16(10-11)15-8-13-5-3-4-6-14(13)9-15;;;/h1-3,5,7-9,11,13-14H,4,6,10,12H2;3-10H,1-2H3;2*1H;/q2*-1;;;+4/p-2. The first-order valence-electron chi connectivity index (χ1n) is 13.7. The third-order valence-electron chi connectivity index (χ3n) is 8.07. The molecule has 0 saturated carbocycles. The van der Waals surface area contributed by atoms with Gasteiger partial charge < -0.3 is 33.9 Å². The number of halogens is 2. The topological polar surface area (TPSA) is 9.86 Å². The van der Waals surface area contributed by atoms with Gasteiger partial charge in [0.25, 0.3) is 0 Å². The SMILES string of the molecule is Cc1cc(C)n(-c2cc3ccccc3[cH-]2)c1.[Cl-].[Cl-].[Zr+4].c1ccc2[cH-]c(-n3c4c(c5ccccc53)CCCC4)cc2c1. The molecule has 0 radical (unpaired) electrons. The number of benzene rings is 3. The van der Waals surface area contributed by atoms with Gasteiger partial charge in [0.1, 0.15) is 0 Å². The minimum Gasteiger partial charge on any atom is -1.00 e. The van der Waals surface area contributed by atoms with Crippen molar-refractivity contribution >= 4 is 32.4 Å². The van der Waals surface area contributed by atoms with E-state index in [1.54, 1.807) is 5.56 Å². The van der Waals surface area contributed by atoms with Crippen LogP contribution in [0.1, 0.15) is 35.4 Å². The molecule has 7 aromatic rings. The number of aromatic nitrogens is 2. The third kappa shape index (κ3) is 5.78. The van der Waals surface area contributed by atoms with Crippen LogP contribution >= 0.6 is 0 Å². The molecule has 8 rings (SSSR count). The number of fused-ring (bicyclic) bond motifs is 5. The molecule has 0 spiro atoms. The maximum atomic E-state index is 2.50. The summed E-state index contributed by atoms with van der Waals surface area (Å²) in [6.07, 6.45) is 7.24. The van der Waals surface area contributed by atoms with Crippen molar-refractivity contribution < 1.29 is 51.0 Å². The summed E-state index contributed by atoms with van der Waals surface area (Å²) in [4.78, 5) is 0. The van der Waals surface area contributed by atoms with E-state index in [2.05, 4.69) is 132 Å². The number of hydrogen-bond donors (Lipinski definition) is 0. The van der Waals surface area contributed by atoms with E-state index in [9.17, 15) is 0 Å². The average Bonchev–Trinajstić information content (AvgIpc) is 3.70. The minimum atomic E-state index is 0. The molecular formula is C36H32Cl2N2Zr. The smallest absolute Gasteiger partial charge is 1.00 e. The Morgan fingerprint density at radius 1 is 0.659 bits per heavy atom. The Kier molecular flexibility index (Phi) is 9.86. The second kappa shape index (κ2) is 13.0. The molecule has 2 aromatic heterocycles. The van der Waals surface area contributed by atoms with Gasteiger partial charge in [0, 0.05) is 23.0 Å². The zero-order chi connectivity index (χ0) is 25.6. The van der Waals surface area contributed by atoms with Gasteiger partial charge in [0.2, 0.25) is 0 Å². The normalized spacial score (nSPS) is 12.1. The molecule has 204 valence electrons. The van der Waals surface area contributed by atoms with Crippen LogP contribution in [0.15, 0.2) is 109 Å². The Balaban J connectivity index is 0.000000184. The molecule has 0 N–H and O–H groups in total. The van der Waals surface area contributed by atoms with Crippen molar-refractivity contribution in [3.8, 4) is 11.4 Å². The fourth-order valence-electron chi connectivity index (χ4n) is 6.35. The van der Waals surface area contributed by atoms with Crippen LogP contribution in [0.2, 0.25) is 0 Å². The fraction of sp³-hybridized carbons (Fsp3) is 0.167. The van der Waals surface area contributed by atoms with Crippen LogP contribution < -0.4 is 24.8 Å². The quantitative estimate of drug-likeness (QED) is 0.254. The molecule has 0 amide bonds.